The molecule has 1 unspecified atom stereocenters. The number of phenolic OH excluding ortho intramolecular Hbond substituents is 1. The molecule has 0 radical (unpaired) electrons. The SMILES string of the molecule is O=C(NCc1ccccc1O)C1Cc2ccccc2O1. The molecular weight excluding hydrogens is 254 g/mol. The standard InChI is InChI=1S/C16H15NO3/c18-13-7-3-1-6-12(13)10-17-16(19)15-9-11-5-2-4-8-14(11)20-15/h1-8,15,18H,9-10H2,(H,17,19). The molecule has 0 spiro atoms. The maximum atomic E-state index is 12.1. The molecule has 3 rings (SSSR count). The van der Waals surface area contributed by atoms with Crippen molar-refractivity contribution in [3.8, 4) is 11.5 Å². The molecule has 0 aromatic heterocycles. The number of nitrogens with one attached hydrogen (secondary N) is 1. The molecule has 4 heteroatoms. The summed E-state index contributed by atoms with van der Waals surface area (Å²) in [6.07, 6.45) is 0.0984. The highest BCUT2D eigenvalue weighted by molar-refractivity contribution is 5.82. The number of ether oxygens (including phenoxy) is 1. The minimum Gasteiger partial charge on any atom is -0.508 e. The maximum Gasteiger partial charge on any atom is 0.261 e. The average molecular weight is 269 g/mol. The van der Waals surface area contributed by atoms with Crippen molar-refractivity contribution < 1.29 is 14.6 Å². The van der Waals surface area contributed by atoms with Crippen molar-refractivity contribution in [3.05, 3.63) is 59.7 Å². The third kappa shape index (κ3) is 2.45. The van der Waals surface area contributed by atoms with Gasteiger partial charge in [0.2, 0.25) is 0 Å². The highest BCUT2D eigenvalue weighted by Gasteiger charge is 2.28. The lowest BCUT2D eigenvalue weighted by Gasteiger charge is -2.12. The Hall–Kier alpha value is -2.49. The largest absolute Gasteiger partial charge is 0.508 e. The Morgan fingerprint density at radius 3 is 2.75 bits per heavy atom. The van der Waals surface area contributed by atoms with Crippen LogP contribution in [0.2, 0.25) is 0 Å². The third-order valence-electron chi connectivity index (χ3n) is 3.38. The lowest BCUT2D eigenvalue weighted by Crippen LogP contribution is -2.37. The molecule has 0 fully saturated rings. The first-order valence-corrected chi connectivity index (χ1v) is 6.53. The third-order valence-corrected chi connectivity index (χ3v) is 3.38. The van der Waals surface area contributed by atoms with Gasteiger partial charge in [-0.2, -0.15) is 0 Å². The molecular formula is C16H15NO3. The van der Waals surface area contributed by atoms with Gasteiger partial charge in [0.25, 0.3) is 5.91 Å². The van der Waals surface area contributed by atoms with E-state index in [1.807, 2.05) is 30.3 Å². The summed E-state index contributed by atoms with van der Waals surface area (Å²) in [6, 6.07) is 14.6. The number of hydrogen-bond acceptors (Lipinski definition) is 3. The molecule has 0 saturated heterocycles. The van der Waals surface area contributed by atoms with Crippen LogP contribution in [0.1, 0.15) is 11.1 Å². The summed E-state index contributed by atoms with van der Waals surface area (Å²) in [5.41, 5.74) is 1.74. The highest BCUT2D eigenvalue weighted by Crippen LogP contribution is 2.28. The average Bonchev–Trinajstić information content (AvgIpc) is 2.90. The van der Waals surface area contributed by atoms with E-state index < -0.39 is 6.10 Å². The van der Waals surface area contributed by atoms with Gasteiger partial charge in [-0.1, -0.05) is 36.4 Å². The molecule has 4 nitrogen and oxygen atoms in total. The Kier molecular flexibility index (Phi) is 3.29. The molecule has 102 valence electrons. The summed E-state index contributed by atoms with van der Waals surface area (Å²) in [6.45, 7) is 0.293. The zero-order chi connectivity index (χ0) is 13.9. The first-order chi connectivity index (χ1) is 9.74. The second kappa shape index (κ2) is 5.25. The van der Waals surface area contributed by atoms with Crippen LogP contribution in [0.4, 0.5) is 0 Å². The Bertz CT molecular complexity index is 614. The molecule has 1 aliphatic rings. The number of amides is 1. The van der Waals surface area contributed by atoms with Crippen LogP contribution in [-0.2, 0) is 17.8 Å². The van der Waals surface area contributed by atoms with E-state index in [-0.39, 0.29) is 11.7 Å². The van der Waals surface area contributed by atoms with Crippen molar-refractivity contribution in [1.82, 2.24) is 5.32 Å². The van der Waals surface area contributed by atoms with Crippen LogP contribution >= 0.6 is 0 Å². The van der Waals surface area contributed by atoms with E-state index in [9.17, 15) is 9.90 Å². The summed E-state index contributed by atoms with van der Waals surface area (Å²) >= 11 is 0. The number of carbonyl (C=O) groups excluding carboxylic acids is 1. The van der Waals surface area contributed by atoms with Gasteiger partial charge in [0, 0.05) is 18.5 Å². The number of benzene rings is 2. The smallest absolute Gasteiger partial charge is 0.261 e. The van der Waals surface area contributed by atoms with Crippen LogP contribution < -0.4 is 10.1 Å². The highest BCUT2D eigenvalue weighted by atomic mass is 16.5. The van der Waals surface area contributed by atoms with E-state index in [1.165, 1.54) is 0 Å². The fourth-order valence-corrected chi connectivity index (χ4v) is 2.28. The van der Waals surface area contributed by atoms with Gasteiger partial charge in [0.1, 0.15) is 11.5 Å². The minimum atomic E-state index is -0.488. The van der Waals surface area contributed by atoms with Crippen LogP contribution in [-0.4, -0.2) is 17.1 Å². The van der Waals surface area contributed by atoms with Gasteiger partial charge in [0.05, 0.1) is 0 Å². The summed E-state index contributed by atoms with van der Waals surface area (Å²) in [4.78, 5) is 12.1. The Morgan fingerprint density at radius 1 is 1.20 bits per heavy atom. The van der Waals surface area contributed by atoms with Crippen LogP contribution in [0.25, 0.3) is 0 Å². The molecule has 2 aromatic carbocycles. The number of rotatable bonds is 3. The van der Waals surface area contributed by atoms with Gasteiger partial charge in [0.15, 0.2) is 6.10 Å². The Labute approximate surface area is 117 Å². The van der Waals surface area contributed by atoms with E-state index >= 15 is 0 Å². The fraction of sp³-hybridized carbons (Fsp3) is 0.188. The summed E-state index contributed by atoms with van der Waals surface area (Å²) in [5, 5.41) is 12.4. The van der Waals surface area contributed by atoms with E-state index in [4.69, 9.17) is 4.74 Å². The van der Waals surface area contributed by atoms with Crippen molar-refractivity contribution in [2.75, 3.05) is 0 Å². The van der Waals surface area contributed by atoms with E-state index in [0.29, 0.717) is 18.5 Å². The van der Waals surface area contributed by atoms with Gasteiger partial charge >= 0.3 is 0 Å². The van der Waals surface area contributed by atoms with Crippen LogP contribution in [0, 0.1) is 0 Å². The molecule has 1 amide bonds. The molecule has 2 N–H and O–H groups in total. The molecule has 2 aromatic rings. The number of para-hydroxylation sites is 2. The Morgan fingerprint density at radius 2 is 1.95 bits per heavy atom. The van der Waals surface area contributed by atoms with E-state index in [0.717, 1.165) is 11.3 Å². The van der Waals surface area contributed by atoms with Gasteiger partial charge < -0.3 is 15.2 Å². The van der Waals surface area contributed by atoms with Crippen LogP contribution in [0.3, 0.4) is 0 Å². The monoisotopic (exact) mass is 269 g/mol. The summed E-state index contributed by atoms with van der Waals surface area (Å²) < 4.78 is 5.61. The first-order valence-electron chi connectivity index (χ1n) is 6.53. The van der Waals surface area contributed by atoms with Crippen LogP contribution in [0.15, 0.2) is 48.5 Å². The number of aromatic hydroxyl groups is 1. The minimum absolute atomic E-state index is 0.163. The molecule has 0 aliphatic carbocycles. The van der Waals surface area contributed by atoms with Gasteiger partial charge in [-0.3, -0.25) is 4.79 Å². The number of carbonyl (C=O) groups is 1. The van der Waals surface area contributed by atoms with E-state index in [1.54, 1.807) is 18.2 Å². The van der Waals surface area contributed by atoms with Gasteiger partial charge in [-0.15, -0.1) is 0 Å². The van der Waals surface area contributed by atoms with Crippen molar-refractivity contribution in [2.24, 2.45) is 0 Å². The lowest BCUT2D eigenvalue weighted by atomic mass is 10.1. The molecule has 1 atom stereocenters. The number of fused-ring (bicyclic) bond motifs is 1. The van der Waals surface area contributed by atoms with Crippen molar-refractivity contribution in [2.45, 2.75) is 19.1 Å². The number of phenols is 1. The topological polar surface area (TPSA) is 58.6 Å². The fourth-order valence-electron chi connectivity index (χ4n) is 2.28. The Balaban J connectivity index is 1.61. The molecule has 20 heavy (non-hydrogen) atoms. The first kappa shape index (κ1) is 12.5. The molecule has 1 aliphatic heterocycles. The predicted octanol–water partition coefficient (Wildman–Crippen LogP) is 2.01. The molecule has 0 saturated carbocycles. The van der Waals surface area contributed by atoms with Gasteiger partial charge in [-0.25, -0.2) is 0 Å². The molecule has 1 heterocycles. The molecule has 0 bridgehead atoms. The maximum absolute atomic E-state index is 12.1. The predicted molar refractivity (Wildman–Crippen MR) is 74.5 cm³/mol. The normalized spacial score (nSPS) is 16.3. The van der Waals surface area contributed by atoms with Crippen molar-refractivity contribution >= 4 is 5.91 Å². The van der Waals surface area contributed by atoms with Crippen molar-refractivity contribution in [1.29, 1.82) is 0 Å². The van der Waals surface area contributed by atoms with Gasteiger partial charge in [-0.05, 0) is 17.7 Å². The summed E-state index contributed by atoms with van der Waals surface area (Å²) in [7, 11) is 0. The van der Waals surface area contributed by atoms with Crippen LogP contribution in [0.5, 0.6) is 11.5 Å². The van der Waals surface area contributed by atoms with E-state index in [2.05, 4.69) is 5.32 Å². The van der Waals surface area contributed by atoms with Crippen molar-refractivity contribution in [3.63, 3.8) is 0 Å². The zero-order valence-electron chi connectivity index (χ0n) is 10.9. The summed E-state index contributed by atoms with van der Waals surface area (Å²) in [5.74, 6) is 0.795. The lowest BCUT2D eigenvalue weighted by molar-refractivity contribution is -0.127. The second-order valence-corrected chi connectivity index (χ2v) is 4.76. The second-order valence-electron chi connectivity index (χ2n) is 4.76. The zero-order valence-corrected chi connectivity index (χ0v) is 10.9. The quantitative estimate of drug-likeness (QED) is 0.896. The number of hydrogen-bond donors (Lipinski definition) is 2.